The summed E-state index contributed by atoms with van der Waals surface area (Å²) < 4.78 is 6.56. The monoisotopic (exact) mass is 349 g/mol. The third-order valence-electron chi connectivity index (χ3n) is 3.62. The third kappa shape index (κ3) is 2.45. The Bertz CT molecular complexity index is 860. The fraction of sp³-hybridized carbons (Fsp3) is 0.267. The van der Waals surface area contributed by atoms with E-state index < -0.39 is 0 Å². The third-order valence-corrected chi connectivity index (χ3v) is 4.31. The molecule has 3 rings (SSSR count). The molecule has 1 unspecified atom stereocenters. The molecule has 0 aliphatic carbocycles. The first-order chi connectivity index (χ1) is 9.99. The molecule has 110 valence electrons. The molecule has 0 aliphatic rings. The molecule has 1 aromatic carbocycles. The van der Waals surface area contributed by atoms with Crippen LogP contribution in [0.25, 0.3) is 11.0 Å². The molecule has 5 nitrogen and oxygen atoms in total. The number of H-pyrrole nitrogens is 2. The van der Waals surface area contributed by atoms with Crippen molar-refractivity contribution in [2.45, 2.75) is 19.9 Å². The highest BCUT2D eigenvalue weighted by atomic mass is 79.9. The molecule has 0 spiro atoms. The zero-order valence-corrected chi connectivity index (χ0v) is 13.6. The molecule has 0 amide bonds. The molecule has 0 bridgehead atoms. The maximum absolute atomic E-state index is 11.4. The SMILES string of the molecule is CNC(c1cc2[nH]c(=O)[nH]c2cc1Br)c1cc(C)oc1C. The smallest absolute Gasteiger partial charge is 0.323 e. The predicted molar refractivity (Wildman–Crippen MR) is 85.7 cm³/mol. The van der Waals surface area contributed by atoms with E-state index in [-0.39, 0.29) is 11.7 Å². The van der Waals surface area contributed by atoms with Gasteiger partial charge in [-0.25, -0.2) is 4.79 Å². The van der Waals surface area contributed by atoms with Gasteiger partial charge in [-0.15, -0.1) is 0 Å². The second-order valence-electron chi connectivity index (χ2n) is 5.09. The number of imidazole rings is 1. The number of benzene rings is 1. The van der Waals surface area contributed by atoms with Crippen LogP contribution in [-0.2, 0) is 0 Å². The lowest BCUT2D eigenvalue weighted by atomic mass is 9.98. The van der Waals surface area contributed by atoms with Gasteiger partial charge in [-0.2, -0.15) is 0 Å². The number of hydrogen-bond acceptors (Lipinski definition) is 3. The van der Waals surface area contributed by atoms with Crippen LogP contribution >= 0.6 is 15.9 Å². The van der Waals surface area contributed by atoms with E-state index in [1.807, 2.05) is 39.1 Å². The summed E-state index contributed by atoms with van der Waals surface area (Å²) in [5.74, 6) is 1.77. The van der Waals surface area contributed by atoms with Crippen LogP contribution in [-0.4, -0.2) is 17.0 Å². The van der Waals surface area contributed by atoms with Crippen molar-refractivity contribution in [1.29, 1.82) is 0 Å². The minimum absolute atomic E-state index is 0.0142. The minimum atomic E-state index is -0.203. The van der Waals surface area contributed by atoms with Crippen LogP contribution in [0.2, 0.25) is 0 Å². The number of fused-ring (bicyclic) bond motifs is 1. The Hall–Kier alpha value is -1.79. The standard InChI is InChI=1S/C15H16BrN3O2/c1-7-4-9(8(2)21-7)14(17-3)10-5-12-13(6-11(10)16)19-15(20)18-12/h4-6,14,17H,1-3H3,(H2,18,19,20). The van der Waals surface area contributed by atoms with E-state index in [2.05, 4.69) is 31.2 Å². The lowest BCUT2D eigenvalue weighted by molar-refractivity contribution is 0.497. The number of hydrogen-bond donors (Lipinski definition) is 3. The van der Waals surface area contributed by atoms with Crippen LogP contribution < -0.4 is 11.0 Å². The van der Waals surface area contributed by atoms with Gasteiger partial charge in [-0.05, 0) is 44.7 Å². The summed E-state index contributed by atoms with van der Waals surface area (Å²) in [5, 5.41) is 3.31. The maximum atomic E-state index is 11.4. The van der Waals surface area contributed by atoms with Crippen molar-refractivity contribution >= 4 is 27.0 Å². The Morgan fingerprint density at radius 2 is 1.81 bits per heavy atom. The first kappa shape index (κ1) is 14.2. The maximum Gasteiger partial charge on any atom is 0.323 e. The number of nitrogens with one attached hydrogen (secondary N) is 3. The lowest BCUT2D eigenvalue weighted by Gasteiger charge is -2.18. The van der Waals surface area contributed by atoms with Crippen LogP contribution in [0.5, 0.6) is 0 Å². The highest BCUT2D eigenvalue weighted by Gasteiger charge is 2.20. The zero-order valence-electron chi connectivity index (χ0n) is 12.0. The molecule has 0 saturated heterocycles. The average molecular weight is 350 g/mol. The number of aromatic nitrogens is 2. The summed E-state index contributed by atoms with van der Waals surface area (Å²) >= 11 is 3.59. The number of aromatic amines is 2. The molecule has 3 aromatic rings. The number of halogens is 1. The largest absolute Gasteiger partial charge is 0.466 e. The molecule has 3 N–H and O–H groups in total. The van der Waals surface area contributed by atoms with Gasteiger partial charge in [-0.3, -0.25) is 0 Å². The Kier molecular flexibility index (Phi) is 3.51. The normalized spacial score (nSPS) is 13.0. The number of aryl methyl sites for hydroxylation is 2. The van der Waals surface area contributed by atoms with Crippen molar-refractivity contribution < 1.29 is 4.42 Å². The average Bonchev–Trinajstić information content (AvgIpc) is 2.92. The fourth-order valence-electron chi connectivity index (χ4n) is 2.71. The first-order valence-corrected chi connectivity index (χ1v) is 7.44. The van der Waals surface area contributed by atoms with Crippen molar-refractivity contribution in [2.75, 3.05) is 7.05 Å². The molecule has 6 heteroatoms. The van der Waals surface area contributed by atoms with Gasteiger partial charge >= 0.3 is 5.69 Å². The highest BCUT2D eigenvalue weighted by molar-refractivity contribution is 9.10. The van der Waals surface area contributed by atoms with Crippen molar-refractivity contribution in [1.82, 2.24) is 15.3 Å². The van der Waals surface area contributed by atoms with Crippen LogP contribution in [0.1, 0.15) is 28.7 Å². The van der Waals surface area contributed by atoms with Crippen LogP contribution in [0.3, 0.4) is 0 Å². The van der Waals surface area contributed by atoms with Gasteiger partial charge in [0, 0.05) is 10.0 Å². The summed E-state index contributed by atoms with van der Waals surface area (Å²) in [7, 11) is 1.91. The van der Waals surface area contributed by atoms with E-state index in [4.69, 9.17) is 4.42 Å². The van der Waals surface area contributed by atoms with Crippen LogP contribution in [0.15, 0.2) is 31.9 Å². The lowest BCUT2D eigenvalue weighted by Crippen LogP contribution is -2.18. The van der Waals surface area contributed by atoms with E-state index in [0.717, 1.165) is 38.2 Å². The molecule has 1 atom stereocenters. The van der Waals surface area contributed by atoms with E-state index >= 15 is 0 Å². The van der Waals surface area contributed by atoms with Gasteiger partial charge in [0.15, 0.2) is 0 Å². The van der Waals surface area contributed by atoms with Gasteiger partial charge in [0.05, 0.1) is 17.1 Å². The van der Waals surface area contributed by atoms with Crippen molar-refractivity contribution in [3.8, 4) is 0 Å². The fourth-order valence-corrected chi connectivity index (χ4v) is 3.28. The van der Waals surface area contributed by atoms with E-state index in [9.17, 15) is 4.79 Å². The minimum Gasteiger partial charge on any atom is -0.466 e. The Morgan fingerprint density at radius 1 is 1.14 bits per heavy atom. The Labute approximate surface area is 129 Å². The summed E-state index contributed by atoms with van der Waals surface area (Å²) in [4.78, 5) is 17.0. The topological polar surface area (TPSA) is 73.8 Å². The molecule has 2 heterocycles. The van der Waals surface area contributed by atoms with Crippen LogP contribution in [0.4, 0.5) is 0 Å². The Morgan fingerprint density at radius 3 is 2.38 bits per heavy atom. The molecular weight excluding hydrogens is 334 g/mol. The van der Waals surface area contributed by atoms with Gasteiger partial charge in [0.1, 0.15) is 11.5 Å². The summed E-state index contributed by atoms with van der Waals surface area (Å²) in [5.41, 5.74) is 3.50. The number of furan rings is 1. The van der Waals surface area contributed by atoms with Gasteiger partial charge < -0.3 is 19.7 Å². The molecule has 0 radical (unpaired) electrons. The number of rotatable bonds is 3. The van der Waals surface area contributed by atoms with Gasteiger partial charge in [-0.1, -0.05) is 15.9 Å². The molecule has 2 aromatic heterocycles. The quantitative estimate of drug-likeness (QED) is 0.679. The second-order valence-corrected chi connectivity index (χ2v) is 5.94. The molecule has 0 aliphatic heterocycles. The molecule has 0 fully saturated rings. The predicted octanol–water partition coefficient (Wildman–Crippen LogP) is 3.14. The van der Waals surface area contributed by atoms with Crippen molar-refractivity contribution in [2.24, 2.45) is 0 Å². The highest BCUT2D eigenvalue weighted by Crippen LogP contribution is 2.33. The van der Waals surface area contributed by atoms with Crippen molar-refractivity contribution in [3.63, 3.8) is 0 Å². The molecular formula is C15H16BrN3O2. The zero-order chi connectivity index (χ0) is 15.1. The molecule has 21 heavy (non-hydrogen) atoms. The van der Waals surface area contributed by atoms with E-state index in [1.54, 1.807) is 0 Å². The van der Waals surface area contributed by atoms with Gasteiger partial charge in [0.2, 0.25) is 0 Å². The molecule has 0 saturated carbocycles. The summed E-state index contributed by atoms with van der Waals surface area (Å²) in [6.07, 6.45) is 0. The Balaban J connectivity index is 2.18. The van der Waals surface area contributed by atoms with Gasteiger partial charge in [0.25, 0.3) is 0 Å². The summed E-state index contributed by atoms with van der Waals surface area (Å²) in [6.45, 7) is 3.89. The van der Waals surface area contributed by atoms with E-state index in [0.29, 0.717) is 0 Å². The second kappa shape index (κ2) is 5.20. The summed E-state index contributed by atoms with van der Waals surface area (Å²) in [6, 6.07) is 5.90. The van der Waals surface area contributed by atoms with Crippen LogP contribution in [0, 0.1) is 13.8 Å². The first-order valence-electron chi connectivity index (χ1n) is 6.65. The van der Waals surface area contributed by atoms with E-state index in [1.165, 1.54) is 0 Å². The van der Waals surface area contributed by atoms with Crippen molar-refractivity contribution in [3.05, 3.63) is 55.8 Å².